The largest absolute Gasteiger partial charge is 0.313 e. The molecule has 1 fully saturated rings. The van der Waals surface area contributed by atoms with Crippen molar-refractivity contribution in [3.8, 4) is 0 Å². The zero-order valence-corrected chi connectivity index (χ0v) is 11.9. The molecule has 1 N–H and O–H groups in total. The molecule has 0 aliphatic heterocycles. The van der Waals surface area contributed by atoms with Gasteiger partial charge in [0.15, 0.2) is 9.84 Å². The van der Waals surface area contributed by atoms with Crippen LogP contribution in [0.5, 0.6) is 0 Å². The second kappa shape index (κ2) is 6.01. The molecule has 5 heteroatoms. The van der Waals surface area contributed by atoms with Gasteiger partial charge < -0.3 is 5.32 Å². The van der Waals surface area contributed by atoms with Crippen LogP contribution in [-0.2, 0) is 9.84 Å². The molecule has 1 aliphatic rings. The predicted octanol–water partition coefficient (Wildman–Crippen LogP) is 2.52. The van der Waals surface area contributed by atoms with Crippen molar-refractivity contribution in [3.05, 3.63) is 30.1 Å². The molecule has 3 nitrogen and oxygen atoms in total. The summed E-state index contributed by atoms with van der Waals surface area (Å²) < 4.78 is 38.1. The van der Waals surface area contributed by atoms with Crippen LogP contribution < -0.4 is 5.32 Å². The van der Waals surface area contributed by atoms with Crippen LogP contribution in [0.3, 0.4) is 0 Å². The Balaban J connectivity index is 2.28. The van der Waals surface area contributed by atoms with Gasteiger partial charge in [0, 0.05) is 6.04 Å². The summed E-state index contributed by atoms with van der Waals surface area (Å²) in [5.41, 5.74) is 0. The molecule has 0 aromatic heterocycles. The minimum Gasteiger partial charge on any atom is -0.313 e. The minimum absolute atomic E-state index is 0.00815. The van der Waals surface area contributed by atoms with Gasteiger partial charge in [0.1, 0.15) is 5.82 Å². The lowest BCUT2D eigenvalue weighted by atomic mass is 9.95. The fraction of sp³-hybridized carbons (Fsp3) is 0.571. The highest BCUT2D eigenvalue weighted by molar-refractivity contribution is 7.92. The summed E-state index contributed by atoms with van der Waals surface area (Å²) in [6, 6.07) is 5.15. The first kappa shape index (κ1) is 14.5. The van der Waals surface area contributed by atoms with Gasteiger partial charge >= 0.3 is 0 Å². The highest BCUT2D eigenvalue weighted by atomic mass is 32.2. The van der Waals surface area contributed by atoms with Gasteiger partial charge in [0.2, 0.25) is 0 Å². The van der Waals surface area contributed by atoms with Gasteiger partial charge in [-0.25, -0.2) is 12.8 Å². The van der Waals surface area contributed by atoms with E-state index < -0.39 is 20.9 Å². The maximum Gasteiger partial charge on any atom is 0.182 e. The molecule has 19 heavy (non-hydrogen) atoms. The summed E-state index contributed by atoms with van der Waals surface area (Å²) in [5, 5.41) is 2.87. The van der Waals surface area contributed by atoms with Crippen molar-refractivity contribution in [2.24, 2.45) is 0 Å². The topological polar surface area (TPSA) is 46.2 Å². The van der Waals surface area contributed by atoms with Gasteiger partial charge in [0.05, 0.1) is 10.1 Å². The van der Waals surface area contributed by atoms with Crippen LogP contribution in [0, 0.1) is 5.82 Å². The molecule has 2 rings (SSSR count). The number of nitrogens with one attached hydrogen (secondary N) is 1. The van der Waals surface area contributed by atoms with Gasteiger partial charge in [-0.3, -0.25) is 0 Å². The molecule has 1 aromatic carbocycles. The van der Waals surface area contributed by atoms with E-state index in [1.165, 1.54) is 24.3 Å². The van der Waals surface area contributed by atoms with Gasteiger partial charge in [-0.2, -0.15) is 0 Å². The molecule has 1 aromatic rings. The number of hydrogen-bond donors (Lipinski definition) is 1. The van der Waals surface area contributed by atoms with Crippen LogP contribution in [0.25, 0.3) is 0 Å². The van der Waals surface area contributed by atoms with Crippen LogP contribution in [0.2, 0.25) is 0 Å². The Morgan fingerprint density at radius 2 is 1.84 bits per heavy atom. The van der Waals surface area contributed by atoms with Crippen LogP contribution in [0.15, 0.2) is 29.2 Å². The summed E-state index contributed by atoms with van der Waals surface area (Å²) in [7, 11) is -3.38. The van der Waals surface area contributed by atoms with Crippen LogP contribution in [-0.4, -0.2) is 26.3 Å². The van der Waals surface area contributed by atoms with E-state index in [-0.39, 0.29) is 10.9 Å². The van der Waals surface area contributed by atoms with Crippen LogP contribution in [0.1, 0.15) is 32.6 Å². The highest BCUT2D eigenvalue weighted by Crippen LogP contribution is 2.29. The zero-order valence-electron chi connectivity index (χ0n) is 11.1. The third-order valence-corrected chi connectivity index (χ3v) is 6.00. The second-order valence-corrected chi connectivity index (χ2v) is 7.15. The number of hydrogen-bond acceptors (Lipinski definition) is 3. The first-order valence-corrected chi connectivity index (χ1v) is 8.33. The standard InChI is InChI=1S/C14H20FNO2S/c1-2-16-13-5-3-4-6-14(13)19(17,18)12-9-7-11(15)8-10-12/h7-10,13-14,16H,2-6H2,1H3. The van der Waals surface area contributed by atoms with Gasteiger partial charge in [-0.05, 0) is 43.7 Å². The molecule has 0 saturated heterocycles. The molecular formula is C14H20FNO2S. The molecule has 106 valence electrons. The third kappa shape index (κ3) is 3.15. The van der Waals surface area contributed by atoms with Crippen molar-refractivity contribution < 1.29 is 12.8 Å². The van der Waals surface area contributed by atoms with Crippen molar-refractivity contribution in [1.82, 2.24) is 5.32 Å². The van der Waals surface area contributed by atoms with Crippen molar-refractivity contribution in [2.45, 2.75) is 48.8 Å². The Kier molecular flexibility index (Phi) is 4.58. The maximum absolute atomic E-state index is 12.9. The second-order valence-electron chi connectivity index (χ2n) is 4.99. The summed E-state index contributed by atoms with van der Waals surface area (Å²) in [5.74, 6) is -0.411. The molecule has 0 radical (unpaired) electrons. The monoisotopic (exact) mass is 285 g/mol. The van der Waals surface area contributed by atoms with Crippen molar-refractivity contribution in [2.75, 3.05) is 6.54 Å². The van der Waals surface area contributed by atoms with Crippen LogP contribution >= 0.6 is 0 Å². The van der Waals surface area contributed by atoms with Crippen molar-refractivity contribution in [3.63, 3.8) is 0 Å². The lowest BCUT2D eigenvalue weighted by molar-refractivity contribution is 0.377. The Bertz CT molecular complexity index is 511. The lowest BCUT2D eigenvalue weighted by Crippen LogP contribution is -2.46. The number of rotatable bonds is 4. The van der Waals surface area contributed by atoms with Gasteiger partial charge in [-0.15, -0.1) is 0 Å². The van der Waals surface area contributed by atoms with E-state index in [2.05, 4.69) is 5.32 Å². The Morgan fingerprint density at radius 3 is 2.47 bits per heavy atom. The molecule has 0 amide bonds. The maximum atomic E-state index is 12.9. The van der Waals surface area contributed by atoms with Gasteiger partial charge in [-0.1, -0.05) is 19.8 Å². The molecule has 1 aliphatic carbocycles. The fourth-order valence-electron chi connectivity index (χ4n) is 2.76. The van der Waals surface area contributed by atoms with E-state index in [9.17, 15) is 12.8 Å². The molecule has 0 bridgehead atoms. The van der Waals surface area contributed by atoms with E-state index in [0.717, 1.165) is 25.8 Å². The Labute approximate surface area is 114 Å². The smallest absolute Gasteiger partial charge is 0.182 e. The highest BCUT2D eigenvalue weighted by Gasteiger charge is 2.35. The summed E-state index contributed by atoms with van der Waals surface area (Å²) >= 11 is 0. The van der Waals surface area contributed by atoms with Gasteiger partial charge in [0.25, 0.3) is 0 Å². The van der Waals surface area contributed by atoms with E-state index in [1.54, 1.807) is 0 Å². The summed E-state index contributed by atoms with van der Waals surface area (Å²) in [6.07, 6.45) is 3.57. The fourth-order valence-corrected chi connectivity index (χ4v) is 4.77. The van der Waals surface area contributed by atoms with E-state index >= 15 is 0 Å². The molecule has 0 heterocycles. The van der Waals surface area contributed by atoms with Crippen molar-refractivity contribution in [1.29, 1.82) is 0 Å². The number of benzene rings is 1. The normalized spacial score (nSPS) is 24.3. The molecule has 1 saturated carbocycles. The first-order chi connectivity index (χ1) is 9.05. The SMILES string of the molecule is CCNC1CCCCC1S(=O)(=O)c1ccc(F)cc1. The lowest BCUT2D eigenvalue weighted by Gasteiger charge is -2.31. The van der Waals surface area contributed by atoms with E-state index in [4.69, 9.17) is 0 Å². The summed E-state index contributed by atoms with van der Waals surface area (Å²) in [6.45, 7) is 2.75. The Morgan fingerprint density at radius 1 is 1.21 bits per heavy atom. The summed E-state index contributed by atoms with van der Waals surface area (Å²) in [4.78, 5) is 0.226. The zero-order chi connectivity index (χ0) is 13.9. The molecule has 2 unspecified atom stereocenters. The van der Waals surface area contributed by atoms with E-state index in [0.29, 0.717) is 6.42 Å². The molecular weight excluding hydrogens is 265 g/mol. The molecule has 0 spiro atoms. The molecule has 2 atom stereocenters. The first-order valence-electron chi connectivity index (χ1n) is 6.78. The Hall–Kier alpha value is -0.940. The average Bonchev–Trinajstić information content (AvgIpc) is 2.40. The van der Waals surface area contributed by atoms with Crippen LogP contribution in [0.4, 0.5) is 4.39 Å². The quantitative estimate of drug-likeness (QED) is 0.865. The predicted molar refractivity (Wildman–Crippen MR) is 73.3 cm³/mol. The van der Waals surface area contributed by atoms with E-state index in [1.807, 2.05) is 6.92 Å². The number of halogens is 1. The third-order valence-electron chi connectivity index (χ3n) is 3.71. The number of sulfone groups is 1. The van der Waals surface area contributed by atoms with Crippen molar-refractivity contribution >= 4 is 9.84 Å². The average molecular weight is 285 g/mol. The minimum atomic E-state index is -3.38.